The van der Waals surface area contributed by atoms with Crippen molar-refractivity contribution in [2.75, 3.05) is 7.11 Å². The zero-order valence-corrected chi connectivity index (χ0v) is 14.8. The topological polar surface area (TPSA) is 18.5 Å². The van der Waals surface area contributed by atoms with E-state index in [1.165, 1.54) is 16.1 Å². The van der Waals surface area contributed by atoms with Gasteiger partial charge in [-0.1, -0.05) is 80.4 Å². The molecule has 112 valence electrons. The van der Waals surface area contributed by atoms with Crippen LogP contribution in [0.2, 0.25) is 10.6 Å². The van der Waals surface area contributed by atoms with E-state index in [9.17, 15) is 0 Å². The summed E-state index contributed by atoms with van der Waals surface area (Å²) in [5, 5.41) is 2.46. The summed E-state index contributed by atoms with van der Waals surface area (Å²) < 4.78 is 11.9. The van der Waals surface area contributed by atoms with Crippen molar-refractivity contribution < 1.29 is 8.53 Å². The first-order valence-corrected chi connectivity index (χ1v) is 9.83. The van der Waals surface area contributed by atoms with Gasteiger partial charge in [-0.3, -0.25) is 0 Å². The number of hydrogen-bond acceptors (Lipinski definition) is 2. The summed E-state index contributed by atoms with van der Waals surface area (Å²) in [4.78, 5) is 0. The summed E-state index contributed by atoms with van der Waals surface area (Å²) in [6, 6.07) is 10.5. The van der Waals surface area contributed by atoms with Gasteiger partial charge in [0.05, 0.1) is 0 Å². The molecule has 1 aromatic carbocycles. The van der Waals surface area contributed by atoms with E-state index in [-0.39, 0.29) is 6.29 Å². The van der Waals surface area contributed by atoms with E-state index >= 15 is 0 Å². The minimum absolute atomic E-state index is 0.0911. The molecule has 1 atom stereocenters. The molecular formula is C17H29AlO2. The predicted octanol–water partition coefficient (Wildman–Crippen LogP) is 4.52. The number of hydrogen-bond donors (Lipinski definition) is 0. The Morgan fingerprint density at radius 2 is 1.50 bits per heavy atom. The molecule has 1 unspecified atom stereocenters. The van der Waals surface area contributed by atoms with Gasteiger partial charge in [0.15, 0.2) is 0 Å². The van der Waals surface area contributed by atoms with Crippen molar-refractivity contribution in [3.05, 3.63) is 35.9 Å². The maximum atomic E-state index is 6.34. The van der Waals surface area contributed by atoms with Crippen LogP contribution in [0.15, 0.2) is 30.3 Å². The van der Waals surface area contributed by atoms with Crippen molar-refractivity contribution in [1.29, 1.82) is 0 Å². The second-order valence-electron chi connectivity index (χ2n) is 6.37. The fraction of sp³-hybridized carbons (Fsp3) is 0.647. The van der Waals surface area contributed by atoms with Gasteiger partial charge in [0.25, 0.3) is 0 Å². The number of methoxy groups -OCH3 is 1. The first-order chi connectivity index (χ1) is 9.51. The van der Waals surface area contributed by atoms with E-state index in [1.54, 1.807) is 7.11 Å². The van der Waals surface area contributed by atoms with Gasteiger partial charge in [-0.05, 0) is 5.56 Å². The normalized spacial score (nSPS) is 12.9. The van der Waals surface area contributed by atoms with Gasteiger partial charge in [0.2, 0.25) is 0 Å². The van der Waals surface area contributed by atoms with Crippen molar-refractivity contribution in [1.82, 2.24) is 0 Å². The summed E-state index contributed by atoms with van der Waals surface area (Å²) in [5.74, 6) is 1.42. The van der Waals surface area contributed by atoms with Gasteiger partial charge < -0.3 is 8.53 Å². The molecule has 3 heteroatoms. The van der Waals surface area contributed by atoms with Crippen LogP contribution in [0.5, 0.6) is 0 Å². The zero-order chi connectivity index (χ0) is 15.0. The lowest BCUT2D eigenvalue weighted by Crippen LogP contribution is -2.31. The van der Waals surface area contributed by atoms with Crippen LogP contribution in [0.3, 0.4) is 0 Å². The van der Waals surface area contributed by atoms with E-state index in [1.807, 2.05) is 6.07 Å². The lowest BCUT2D eigenvalue weighted by Gasteiger charge is -2.24. The third kappa shape index (κ3) is 7.45. The van der Waals surface area contributed by atoms with Crippen LogP contribution in [0, 0.1) is 11.8 Å². The summed E-state index contributed by atoms with van der Waals surface area (Å²) in [6.07, 6.45) is 0.753. The highest BCUT2D eigenvalue weighted by molar-refractivity contribution is 6.52. The standard InChI is InChI=1S/C9H11O2.2C4H9.Al/c1-11-9(10)7-8-5-3-2-4-6-8;2*1-4(2)3;/h2-6,9H,7H2,1H3;2*4H,1H2,2-3H3;/q-1;;;+1. The minimum Gasteiger partial charge on any atom is -0.477 e. The molecule has 0 heterocycles. The second-order valence-corrected chi connectivity index (χ2v) is 8.83. The molecule has 0 aliphatic carbocycles. The van der Waals surface area contributed by atoms with Gasteiger partial charge >= 0.3 is 14.5 Å². The fourth-order valence-electron chi connectivity index (χ4n) is 2.47. The maximum absolute atomic E-state index is 6.34. The van der Waals surface area contributed by atoms with E-state index in [2.05, 4.69) is 52.0 Å². The first-order valence-electron chi connectivity index (χ1n) is 7.73. The molecule has 0 amide bonds. The lowest BCUT2D eigenvalue weighted by atomic mass is 10.1. The van der Waals surface area contributed by atoms with Gasteiger partial charge in [0.1, 0.15) is 6.29 Å². The molecule has 0 N–H and O–H groups in total. The Hall–Kier alpha value is -0.328. The van der Waals surface area contributed by atoms with Crippen LogP contribution in [0.25, 0.3) is 0 Å². The smallest absolute Gasteiger partial charge is 0.463 e. The maximum Gasteiger partial charge on any atom is 0.463 e. The Bertz CT molecular complexity index is 341. The molecule has 1 rings (SSSR count). The number of ether oxygens (including phenoxy) is 1. The SMILES string of the molecule is COC(Cc1ccccc1)[O][Al]([CH2]C(C)C)[CH2]C(C)C. The highest BCUT2D eigenvalue weighted by Gasteiger charge is 2.26. The minimum atomic E-state index is -1.19. The summed E-state index contributed by atoms with van der Waals surface area (Å²) >= 11 is -1.19. The molecule has 0 bridgehead atoms. The summed E-state index contributed by atoms with van der Waals surface area (Å²) in [5.41, 5.74) is 1.28. The zero-order valence-electron chi connectivity index (χ0n) is 13.6. The van der Waals surface area contributed by atoms with Crippen molar-refractivity contribution in [3.63, 3.8) is 0 Å². The van der Waals surface area contributed by atoms with Crippen LogP contribution in [-0.4, -0.2) is 27.9 Å². The Kier molecular flexibility index (Phi) is 8.49. The molecule has 0 aromatic heterocycles. The Morgan fingerprint density at radius 3 is 1.95 bits per heavy atom. The van der Waals surface area contributed by atoms with E-state index < -0.39 is 14.5 Å². The summed E-state index contributed by atoms with van der Waals surface area (Å²) in [7, 11) is 1.75. The number of rotatable bonds is 9. The van der Waals surface area contributed by atoms with Gasteiger partial charge in [-0.2, -0.15) is 0 Å². The van der Waals surface area contributed by atoms with Gasteiger partial charge in [0, 0.05) is 13.5 Å². The Labute approximate surface area is 129 Å². The Morgan fingerprint density at radius 1 is 0.950 bits per heavy atom. The lowest BCUT2D eigenvalue weighted by molar-refractivity contribution is -0.0559. The third-order valence-electron chi connectivity index (χ3n) is 3.32. The third-order valence-corrected chi connectivity index (χ3v) is 6.95. The van der Waals surface area contributed by atoms with Crippen molar-refractivity contribution in [3.8, 4) is 0 Å². The first kappa shape index (κ1) is 17.7. The van der Waals surface area contributed by atoms with E-state index in [0.29, 0.717) is 11.8 Å². The molecule has 0 saturated heterocycles. The van der Waals surface area contributed by atoms with Crippen LogP contribution in [-0.2, 0) is 14.9 Å². The molecule has 0 saturated carbocycles. The molecule has 20 heavy (non-hydrogen) atoms. The summed E-state index contributed by atoms with van der Waals surface area (Å²) in [6.45, 7) is 9.12. The molecule has 0 radical (unpaired) electrons. The quantitative estimate of drug-likeness (QED) is 0.492. The van der Waals surface area contributed by atoms with Crippen LogP contribution >= 0.6 is 0 Å². The second kappa shape index (κ2) is 9.58. The molecule has 2 nitrogen and oxygen atoms in total. The van der Waals surface area contributed by atoms with E-state index in [0.717, 1.165) is 6.42 Å². The largest absolute Gasteiger partial charge is 0.477 e. The number of benzene rings is 1. The average Bonchev–Trinajstić information content (AvgIpc) is 2.37. The highest BCUT2D eigenvalue weighted by atomic mass is 27.2. The molecule has 0 aliphatic heterocycles. The molecule has 0 spiro atoms. The fourth-order valence-corrected chi connectivity index (χ4v) is 5.62. The molecule has 0 fully saturated rings. The predicted molar refractivity (Wildman–Crippen MR) is 87.1 cm³/mol. The van der Waals surface area contributed by atoms with Crippen molar-refractivity contribution in [2.24, 2.45) is 11.8 Å². The van der Waals surface area contributed by atoms with Crippen molar-refractivity contribution in [2.45, 2.75) is 51.0 Å². The van der Waals surface area contributed by atoms with Crippen LogP contribution < -0.4 is 0 Å². The molecule has 0 aliphatic rings. The monoisotopic (exact) mass is 292 g/mol. The van der Waals surface area contributed by atoms with E-state index in [4.69, 9.17) is 8.53 Å². The average molecular weight is 292 g/mol. The molecular weight excluding hydrogens is 263 g/mol. The van der Waals surface area contributed by atoms with Gasteiger partial charge in [-0.15, -0.1) is 0 Å². The Balaban J connectivity index is 2.58. The van der Waals surface area contributed by atoms with Crippen LogP contribution in [0.4, 0.5) is 0 Å². The molecule has 1 aromatic rings. The van der Waals surface area contributed by atoms with Crippen LogP contribution in [0.1, 0.15) is 33.3 Å². The van der Waals surface area contributed by atoms with Crippen molar-refractivity contribution >= 4 is 14.5 Å². The highest BCUT2D eigenvalue weighted by Crippen LogP contribution is 2.18. The van der Waals surface area contributed by atoms with Gasteiger partial charge in [-0.25, -0.2) is 0 Å².